The summed E-state index contributed by atoms with van der Waals surface area (Å²) in [5, 5.41) is 0. The Balaban J connectivity index is 1.77. The van der Waals surface area contributed by atoms with Crippen molar-refractivity contribution in [2.45, 2.75) is 25.6 Å². The molecule has 2 aromatic carbocycles. The van der Waals surface area contributed by atoms with Crippen molar-refractivity contribution in [3.05, 3.63) is 71.8 Å². The molecule has 1 atom stereocenters. The van der Waals surface area contributed by atoms with Gasteiger partial charge in [0.15, 0.2) is 0 Å². The molecule has 0 aromatic heterocycles. The minimum atomic E-state index is -0.505. The summed E-state index contributed by atoms with van der Waals surface area (Å²) in [7, 11) is 0. The SMILES string of the molecule is O=C1CC(C(=O)N(Cc2ccccc2)Cc2ccccc2)NN1. The summed E-state index contributed by atoms with van der Waals surface area (Å²) in [6.07, 6.45) is 0.179. The van der Waals surface area contributed by atoms with Crippen LogP contribution in [-0.4, -0.2) is 22.8 Å². The third-order valence-electron chi connectivity index (χ3n) is 3.82. The molecule has 2 N–H and O–H groups in total. The molecule has 2 aromatic rings. The molecule has 1 heterocycles. The molecule has 0 aliphatic carbocycles. The second-order valence-corrected chi connectivity index (χ2v) is 5.61. The zero-order valence-electron chi connectivity index (χ0n) is 12.7. The van der Waals surface area contributed by atoms with E-state index in [0.717, 1.165) is 11.1 Å². The van der Waals surface area contributed by atoms with E-state index < -0.39 is 6.04 Å². The highest BCUT2D eigenvalue weighted by Gasteiger charge is 2.31. The summed E-state index contributed by atoms with van der Waals surface area (Å²) < 4.78 is 0. The quantitative estimate of drug-likeness (QED) is 0.882. The molecule has 1 aliphatic heterocycles. The Morgan fingerprint density at radius 3 is 1.91 bits per heavy atom. The van der Waals surface area contributed by atoms with Gasteiger partial charge in [-0.1, -0.05) is 60.7 Å². The van der Waals surface area contributed by atoms with Gasteiger partial charge in [-0.05, 0) is 11.1 Å². The van der Waals surface area contributed by atoms with Crippen molar-refractivity contribution in [2.24, 2.45) is 0 Å². The second kappa shape index (κ2) is 7.07. The molecule has 1 aliphatic rings. The van der Waals surface area contributed by atoms with Crippen LogP contribution in [0.5, 0.6) is 0 Å². The van der Waals surface area contributed by atoms with Gasteiger partial charge in [0.05, 0.1) is 6.42 Å². The van der Waals surface area contributed by atoms with E-state index in [2.05, 4.69) is 10.9 Å². The smallest absolute Gasteiger partial charge is 0.242 e. The fourth-order valence-corrected chi connectivity index (χ4v) is 2.64. The van der Waals surface area contributed by atoms with Crippen LogP contribution in [-0.2, 0) is 22.7 Å². The molecule has 23 heavy (non-hydrogen) atoms. The predicted molar refractivity (Wildman–Crippen MR) is 86.8 cm³/mol. The van der Waals surface area contributed by atoms with Crippen LogP contribution in [0, 0.1) is 0 Å². The van der Waals surface area contributed by atoms with Crippen molar-refractivity contribution < 1.29 is 9.59 Å². The van der Waals surface area contributed by atoms with Gasteiger partial charge < -0.3 is 4.90 Å². The zero-order valence-corrected chi connectivity index (χ0v) is 12.7. The Kier molecular flexibility index (Phi) is 4.68. The van der Waals surface area contributed by atoms with Gasteiger partial charge in [-0.15, -0.1) is 0 Å². The van der Waals surface area contributed by atoms with Crippen molar-refractivity contribution in [1.29, 1.82) is 0 Å². The van der Waals surface area contributed by atoms with Crippen molar-refractivity contribution in [1.82, 2.24) is 15.8 Å². The van der Waals surface area contributed by atoms with Crippen LogP contribution in [0.15, 0.2) is 60.7 Å². The fourth-order valence-electron chi connectivity index (χ4n) is 2.64. The maximum Gasteiger partial charge on any atom is 0.242 e. The first-order chi connectivity index (χ1) is 11.2. The average molecular weight is 309 g/mol. The number of hydrazine groups is 1. The van der Waals surface area contributed by atoms with Gasteiger partial charge in [0.2, 0.25) is 11.8 Å². The number of nitrogens with one attached hydrogen (secondary N) is 2. The number of hydrogen-bond acceptors (Lipinski definition) is 3. The Morgan fingerprint density at radius 1 is 0.957 bits per heavy atom. The third kappa shape index (κ3) is 3.96. The van der Waals surface area contributed by atoms with Gasteiger partial charge >= 0.3 is 0 Å². The molecule has 5 heteroatoms. The van der Waals surface area contributed by atoms with Crippen LogP contribution >= 0.6 is 0 Å². The molecular formula is C18H19N3O2. The largest absolute Gasteiger partial charge is 0.333 e. The Labute approximate surface area is 135 Å². The molecule has 3 rings (SSSR count). The lowest BCUT2D eigenvalue weighted by Crippen LogP contribution is -2.45. The van der Waals surface area contributed by atoms with Gasteiger partial charge in [0, 0.05) is 13.1 Å². The maximum atomic E-state index is 12.8. The van der Waals surface area contributed by atoms with Crippen LogP contribution < -0.4 is 10.9 Å². The summed E-state index contributed by atoms with van der Waals surface area (Å²) in [4.78, 5) is 25.9. The summed E-state index contributed by atoms with van der Waals surface area (Å²) in [5.74, 6) is -0.223. The summed E-state index contributed by atoms with van der Waals surface area (Å²) in [6, 6.07) is 19.2. The highest BCUT2D eigenvalue weighted by Crippen LogP contribution is 2.13. The lowest BCUT2D eigenvalue weighted by atomic mass is 10.1. The van der Waals surface area contributed by atoms with Crippen LogP contribution in [0.25, 0.3) is 0 Å². The maximum absolute atomic E-state index is 12.8. The van der Waals surface area contributed by atoms with Gasteiger partial charge in [0.1, 0.15) is 6.04 Å². The molecule has 2 amide bonds. The molecule has 1 unspecified atom stereocenters. The van der Waals surface area contributed by atoms with E-state index in [9.17, 15) is 9.59 Å². The summed E-state index contributed by atoms with van der Waals surface area (Å²) in [6.45, 7) is 1.03. The van der Waals surface area contributed by atoms with E-state index in [1.165, 1.54) is 0 Å². The monoisotopic (exact) mass is 309 g/mol. The van der Waals surface area contributed by atoms with Gasteiger partial charge in [0.25, 0.3) is 0 Å². The van der Waals surface area contributed by atoms with Crippen molar-refractivity contribution >= 4 is 11.8 Å². The number of carbonyl (C=O) groups is 2. The van der Waals surface area contributed by atoms with Gasteiger partial charge in [-0.25, -0.2) is 5.43 Å². The zero-order chi connectivity index (χ0) is 16.1. The minimum Gasteiger partial charge on any atom is -0.333 e. The first-order valence-electron chi connectivity index (χ1n) is 7.63. The van der Waals surface area contributed by atoms with Crippen molar-refractivity contribution in [3.8, 4) is 0 Å². The Hall–Kier alpha value is -2.66. The molecule has 0 saturated carbocycles. The third-order valence-corrected chi connectivity index (χ3v) is 3.82. The molecule has 0 spiro atoms. The molecule has 5 nitrogen and oxygen atoms in total. The molecule has 0 bridgehead atoms. The van der Waals surface area contributed by atoms with Gasteiger partial charge in [-0.3, -0.25) is 15.0 Å². The van der Waals surface area contributed by atoms with E-state index in [0.29, 0.717) is 13.1 Å². The molecule has 1 saturated heterocycles. The number of rotatable bonds is 5. The lowest BCUT2D eigenvalue weighted by Gasteiger charge is -2.25. The van der Waals surface area contributed by atoms with Gasteiger partial charge in [-0.2, -0.15) is 0 Å². The van der Waals surface area contributed by atoms with Crippen molar-refractivity contribution in [2.75, 3.05) is 0 Å². The van der Waals surface area contributed by atoms with Crippen LogP contribution in [0.1, 0.15) is 17.5 Å². The Bertz CT molecular complexity index is 632. The topological polar surface area (TPSA) is 61.4 Å². The predicted octanol–water partition coefficient (Wildman–Crippen LogP) is 1.61. The average Bonchev–Trinajstić information content (AvgIpc) is 3.02. The number of nitrogens with zero attached hydrogens (tertiary/aromatic N) is 1. The van der Waals surface area contributed by atoms with E-state index in [-0.39, 0.29) is 18.2 Å². The Morgan fingerprint density at radius 2 is 1.48 bits per heavy atom. The summed E-state index contributed by atoms with van der Waals surface area (Å²) >= 11 is 0. The highest BCUT2D eigenvalue weighted by molar-refractivity contribution is 5.90. The molecule has 118 valence electrons. The first-order valence-corrected chi connectivity index (χ1v) is 7.63. The van der Waals surface area contributed by atoms with E-state index in [4.69, 9.17) is 0 Å². The van der Waals surface area contributed by atoms with Crippen LogP contribution in [0.3, 0.4) is 0 Å². The molecule has 0 radical (unpaired) electrons. The molecular weight excluding hydrogens is 290 g/mol. The van der Waals surface area contributed by atoms with E-state index in [1.807, 2.05) is 60.7 Å². The fraction of sp³-hybridized carbons (Fsp3) is 0.222. The number of benzene rings is 2. The standard InChI is InChI=1S/C18H19N3O2/c22-17-11-16(19-20-17)18(23)21(12-14-7-3-1-4-8-14)13-15-9-5-2-6-10-15/h1-10,16,19H,11-13H2,(H,20,22). The van der Waals surface area contributed by atoms with Crippen molar-refractivity contribution in [3.63, 3.8) is 0 Å². The van der Waals surface area contributed by atoms with E-state index >= 15 is 0 Å². The van der Waals surface area contributed by atoms with E-state index in [1.54, 1.807) is 4.90 Å². The number of amides is 2. The normalized spacial score (nSPS) is 16.9. The molecule has 1 fully saturated rings. The second-order valence-electron chi connectivity index (χ2n) is 5.61. The highest BCUT2D eigenvalue weighted by atomic mass is 16.2. The minimum absolute atomic E-state index is 0.0731. The number of carbonyl (C=O) groups excluding carboxylic acids is 2. The first kappa shape index (κ1) is 15.2. The van der Waals surface area contributed by atoms with Crippen LogP contribution in [0.4, 0.5) is 0 Å². The summed E-state index contributed by atoms with van der Waals surface area (Å²) in [5.41, 5.74) is 7.39. The number of hydrogen-bond donors (Lipinski definition) is 2. The van der Waals surface area contributed by atoms with Crippen LogP contribution in [0.2, 0.25) is 0 Å². The lowest BCUT2D eigenvalue weighted by molar-refractivity contribution is -0.135.